The molecule has 1 aliphatic rings. The number of hydrogen-bond acceptors (Lipinski definition) is 8. The molecule has 1 aliphatic heterocycles. The number of carboxylic acid groups (broad SMARTS) is 1. The minimum atomic E-state index is -0.738. The van der Waals surface area contributed by atoms with Gasteiger partial charge in [0.15, 0.2) is 11.5 Å². The average molecular weight is 596 g/mol. The van der Waals surface area contributed by atoms with Crippen LogP contribution in [-0.4, -0.2) is 49.2 Å². The van der Waals surface area contributed by atoms with Gasteiger partial charge in [0.1, 0.15) is 15.5 Å². The highest BCUT2D eigenvalue weighted by molar-refractivity contribution is 8.26. The Bertz CT molecular complexity index is 1500. The van der Waals surface area contributed by atoms with Crippen molar-refractivity contribution in [1.29, 1.82) is 0 Å². The van der Waals surface area contributed by atoms with Gasteiger partial charge < -0.3 is 14.6 Å². The third-order valence-electron chi connectivity index (χ3n) is 6.68. The molecule has 3 aromatic rings. The summed E-state index contributed by atoms with van der Waals surface area (Å²) in [6.07, 6.45) is 11.1. The van der Waals surface area contributed by atoms with Crippen molar-refractivity contribution < 1.29 is 24.2 Å². The van der Waals surface area contributed by atoms with Crippen LogP contribution in [0.15, 0.2) is 58.4 Å². The molecule has 0 bridgehead atoms. The number of benzene rings is 1. The molecule has 1 N–H and O–H groups in total. The maximum atomic E-state index is 13.5. The zero-order chi connectivity index (χ0) is 29.2. The maximum absolute atomic E-state index is 13.5. The molecule has 2 aromatic heterocycles. The van der Waals surface area contributed by atoms with E-state index in [2.05, 4.69) is 4.98 Å². The lowest BCUT2D eigenvalue weighted by Crippen LogP contribution is -2.29. The molecular weight excluding hydrogens is 562 g/mol. The fourth-order valence-corrected chi connectivity index (χ4v) is 5.81. The van der Waals surface area contributed by atoms with E-state index in [0.717, 1.165) is 51.4 Å². The number of para-hydroxylation sites is 2. The molecule has 1 fully saturated rings. The Balaban J connectivity index is 1.43. The number of aromatic nitrogens is 2. The highest BCUT2D eigenvalue weighted by atomic mass is 32.2. The van der Waals surface area contributed by atoms with Gasteiger partial charge in [0, 0.05) is 19.2 Å². The molecule has 0 saturated carbocycles. The fraction of sp³-hybridized carbons (Fsp3) is 0.367. The van der Waals surface area contributed by atoms with E-state index < -0.39 is 5.97 Å². The van der Waals surface area contributed by atoms with E-state index >= 15 is 0 Å². The molecule has 1 saturated heterocycles. The highest BCUT2D eigenvalue weighted by Gasteiger charge is 2.32. The lowest BCUT2D eigenvalue weighted by molar-refractivity contribution is -0.137. The van der Waals surface area contributed by atoms with Crippen molar-refractivity contribution in [3.63, 3.8) is 0 Å². The SMILES string of the molecule is COc1ccccc1Oc1nc2ccccn2c(=O)c1/C=C1/SC(=S)N(CCCCCCCCCCC(=O)O)C1=O. The average Bonchev–Trinajstić information content (AvgIpc) is 3.23. The molecule has 0 unspecified atom stereocenters. The number of carbonyl (C=O) groups excluding carboxylic acids is 1. The van der Waals surface area contributed by atoms with Crippen molar-refractivity contribution in [2.75, 3.05) is 13.7 Å². The molecule has 41 heavy (non-hydrogen) atoms. The number of carboxylic acids is 1. The number of amides is 1. The first-order chi connectivity index (χ1) is 19.9. The second kappa shape index (κ2) is 14.8. The van der Waals surface area contributed by atoms with Crippen molar-refractivity contribution >= 4 is 51.9 Å². The van der Waals surface area contributed by atoms with Gasteiger partial charge in [0.25, 0.3) is 11.5 Å². The van der Waals surface area contributed by atoms with E-state index in [0.29, 0.717) is 32.9 Å². The number of thioether (sulfide) groups is 1. The first-order valence-corrected chi connectivity index (χ1v) is 14.9. The van der Waals surface area contributed by atoms with Crippen molar-refractivity contribution in [1.82, 2.24) is 14.3 Å². The summed E-state index contributed by atoms with van der Waals surface area (Å²) in [4.78, 5) is 43.9. The summed E-state index contributed by atoms with van der Waals surface area (Å²) < 4.78 is 13.3. The topological polar surface area (TPSA) is 110 Å². The summed E-state index contributed by atoms with van der Waals surface area (Å²) in [6, 6.07) is 12.3. The molecule has 216 valence electrons. The standard InChI is InChI=1S/C30H33N3O6S2/c1-38-22-14-9-10-15-23(22)39-27-21(28(36)32-18-13-11-16-25(32)31-27)20-24-29(37)33(30(40)41-24)19-12-7-5-3-2-4-6-8-17-26(34)35/h9-11,13-16,18,20H,2-8,12,17,19H2,1H3,(H,34,35)/b24-20+. The Labute approximate surface area is 248 Å². The minimum Gasteiger partial charge on any atom is -0.493 e. The minimum absolute atomic E-state index is 0.0685. The van der Waals surface area contributed by atoms with Crippen LogP contribution in [0.4, 0.5) is 0 Å². The quantitative estimate of drug-likeness (QED) is 0.123. The maximum Gasteiger partial charge on any atom is 0.303 e. The van der Waals surface area contributed by atoms with Crippen LogP contribution < -0.4 is 15.0 Å². The second-order valence-electron chi connectivity index (χ2n) is 9.62. The van der Waals surface area contributed by atoms with Crippen LogP contribution in [0.2, 0.25) is 0 Å². The first kappa shape index (κ1) is 30.3. The molecule has 0 aliphatic carbocycles. The van der Waals surface area contributed by atoms with Gasteiger partial charge in [-0.15, -0.1) is 0 Å². The molecule has 3 heterocycles. The zero-order valence-electron chi connectivity index (χ0n) is 22.9. The Morgan fingerprint density at radius 1 is 0.976 bits per heavy atom. The third-order valence-corrected chi connectivity index (χ3v) is 8.06. The highest BCUT2D eigenvalue weighted by Crippen LogP contribution is 2.36. The van der Waals surface area contributed by atoms with Crippen molar-refractivity contribution in [2.24, 2.45) is 0 Å². The van der Waals surface area contributed by atoms with E-state index in [9.17, 15) is 14.4 Å². The number of rotatable bonds is 15. The Morgan fingerprint density at radius 2 is 1.63 bits per heavy atom. The van der Waals surface area contributed by atoms with Crippen molar-refractivity contribution in [3.05, 3.63) is 69.5 Å². The van der Waals surface area contributed by atoms with Crippen LogP contribution in [0, 0.1) is 0 Å². The summed E-state index contributed by atoms with van der Waals surface area (Å²) in [5.41, 5.74) is 0.185. The lowest BCUT2D eigenvalue weighted by atomic mass is 10.1. The van der Waals surface area contributed by atoms with Gasteiger partial charge in [-0.05, 0) is 43.2 Å². The van der Waals surface area contributed by atoms with Crippen LogP contribution in [-0.2, 0) is 9.59 Å². The van der Waals surface area contributed by atoms with Crippen LogP contribution in [0.3, 0.4) is 0 Å². The van der Waals surface area contributed by atoms with E-state index in [1.165, 1.54) is 29.3 Å². The van der Waals surface area contributed by atoms with Crippen LogP contribution in [0.25, 0.3) is 11.7 Å². The molecule has 0 atom stereocenters. The fourth-order valence-electron chi connectivity index (χ4n) is 4.52. The first-order valence-electron chi connectivity index (χ1n) is 13.7. The predicted molar refractivity (Wildman–Crippen MR) is 164 cm³/mol. The van der Waals surface area contributed by atoms with Gasteiger partial charge in [-0.25, -0.2) is 0 Å². The van der Waals surface area contributed by atoms with E-state index in [-0.39, 0.29) is 29.3 Å². The predicted octanol–water partition coefficient (Wildman–Crippen LogP) is 6.29. The Kier molecular flexibility index (Phi) is 10.9. The number of nitrogens with zero attached hydrogens (tertiary/aromatic N) is 3. The van der Waals surface area contributed by atoms with Gasteiger partial charge >= 0.3 is 5.97 Å². The summed E-state index contributed by atoms with van der Waals surface area (Å²) in [5.74, 6) is -0.0285. The molecular formula is C30H33N3O6S2. The smallest absolute Gasteiger partial charge is 0.303 e. The van der Waals surface area contributed by atoms with Gasteiger partial charge in [0.05, 0.1) is 12.0 Å². The van der Waals surface area contributed by atoms with Crippen LogP contribution >= 0.6 is 24.0 Å². The summed E-state index contributed by atoms with van der Waals surface area (Å²) in [6.45, 7) is 0.514. The molecule has 1 aromatic carbocycles. The van der Waals surface area contributed by atoms with Gasteiger partial charge in [-0.1, -0.05) is 80.7 Å². The number of unbranched alkanes of at least 4 members (excludes halogenated alkanes) is 7. The van der Waals surface area contributed by atoms with Crippen LogP contribution in [0.1, 0.15) is 63.4 Å². The Hall–Kier alpha value is -3.70. The molecule has 1 amide bonds. The molecule has 0 radical (unpaired) electrons. The number of pyridine rings is 1. The molecule has 4 rings (SSSR count). The number of fused-ring (bicyclic) bond motifs is 1. The van der Waals surface area contributed by atoms with Gasteiger partial charge in [-0.2, -0.15) is 4.98 Å². The largest absolute Gasteiger partial charge is 0.493 e. The van der Waals surface area contributed by atoms with E-state index in [1.807, 2.05) is 6.07 Å². The number of carbonyl (C=O) groups is 2. The number of thiocarbonyl (C=S) groups is 1. The molecule has 9 nitrogen and oxygen atoms in total. The Morgan fingerprint density at radius 3 is 2.34 bits per heavy atom. The van der Waals surface area contributed by atoms with Crippen molar-refractivity contribution in [2.45, 2.75) is 57.8 Å². The number of methoxy groups -OCH3 is 1. The van der Waals surface area contributed by atoms with Crippen LogP contribution in [0.5, 0.6) is 17.4 Å². The third kappa shape index (κ3) is 7.95. The number of ether oxygens (including phenoxy) is 2. The van der Waals surface area contributed by atoms with Gasteiger partial charge in [-0.3, -0.25) is 23.7 Å². The molecule has 11 heteroatoms. The summed E-state index contributed by atoms with van der Waals surface area (Å²) in [7, 11) is 1.53. The monoisotopic (exact) mass is 595 g/mol. The normalized spacial score (nSPS) is 14.3. The summed E-state index contributed by atoms with van der Waals surface area (Å²) >= 11 is 6.67. The van der Waals surface area contributed by atoms with Gasteiger partial charge in [0.2, 0.25) is 5.88 Å². The second-order valence-corrected chi connectivity index (χ2v) is 11.3. The summed E-state index contributed by atoms with van der Waals surface area (Å²) in [5, 5.41) is 8.70. The lowest BCUT2D eigenvalue weighted by Gasteiger charge is -2.14. The van der Waals surface area contributed by atoms with E-state index in [4.69, 9.17) is 26.8 Å². The zero-order valence-corrected chi connectivity index (χ0v) is 24.5. The number of hydrogen-bond donors (Lipinski definition) is 1. The van der Waals surface area contributed by atoms with Crippen molar-refractivity contribution in [3.8, 4) is 17.4 Å². The molecule has 0 spiro atoms. The van der Waals surface area contributed by atoms with E-state index in [1.54, 1.807) is 47.5 Å². The number of aliphatic carboxylic acids is 1.